The highest BCUT2D eigenvalue weighted by atomic mass is 32.1. The maximum absolute atomic E-state index is 13.5. The molecule has 0 aliphatic carbocycles. The summed E-state index contributed by atoms with van der Waals surface area (Å²) in [6.07, 6.45) is 0.999. The molecule has 1 fully saturated rings. The molecule has 11 heteroatoms. The quantitative estimate of drug-likeness (QED) is 0.581. The van der Waals surface area contributed by atoms with Gasteiger partial charge in [0.1, 0.15) is 0 Å². The highest BCUT2D eigenvalue weighted by molar-refractivity contribution is 7.14. The summed E-state index contributed by atoms with van der Waals surface area (Å²) in [5.74, 6) is -6.35. The summed E-state index contributed by atoms with van der Waals surface area (Å²) in [7, 11) is 0. The molecule has 1 aromatic heterocycles. The number of anilines is 2. The van der Waals surface area contributed by atoms with E-state index in [4.69, 9.17) is 4.74 Å². The first-order valence-corrected chi connectivity index (χ1v) is 9.07. The number of hydrogen-bond donors (Lipinski definition) is 1. The minimum Gasteiger partial charge on any atom is -0.455 e. The Bertz CT molecular complexity index is 934. The number of nitrogens with one attached hydrogen (secondary N) is 1. The van der Waals surface area contributed by atoms with E-state index in [1.807, 2.05) is 5.32 Å². The zero-order chi connectivity index (χ0) is 20.3. The Morgan fingerprint density at radius 1 is 1.25 bits per heavy atom. The molecule has 2 amide bonds. The fourth-order valence-electron chi connectivity index (χ4n) is 2.51. The Kier molecular flexibility index (Phi) is 5.93. The van der Waals surface area contributed by atoms with E-state index in [1.54, 1.807) is 10.3 Å². The molecule has 0 spiro atoms. The van der Waals surface area contributed by atoms with Crippen LogP contribution in [0.25, 0.3) is 0 Å². The molecule has 0 radical (unpaired) electrons. The molecule has 28 heavy (non-hydrogen) atoms. The van der Waals surface area contributed by atoms with Gasteiger partial charge in [0.25, 0.3) is 5.91 Å². The number of carbonyl (C=O) groups excluding carboxylic acids is 3. The van der Waals surface area contributed by atoms with Crippen molar-refractivity contribution in [2.45, 2.75) is 19.3 Å². The highest BCUT2D eigenvalue weighted by Gasteiger charge is 2.24. The number of rotatable bonds is 6. The minimum atomic E-state index is -1.72. The average molecular weight is 413 g/mol. The van der Waals surface area contributed by atoms with Gasteiger partial charge in [-0.2, -0.15) is 0 Å². The molecule has 2 heterocycles. The van der Waals surface area contributed by atoms with E-state index < -0.39 is 41.6 Å². The molecule has 148 valence electrons. The Morgan fingerprint density at radius 2 is 2.04 bits per heavy atom. The van der Waals surface area contributed by atoms with Crippen molar-refractivity contribution in [1.29, 1.82) is 0 Å². The molecule has 0 unspecified atom stereocenters. The van der Waals surface area contributed by atoms with Crippen LogP contribution in [-0.2, 0) is 25.5 Å². The van der Waals surface area contributed by atoms with Gasteiger partial charge in [-0.1, -0.05) is 0 Å². The lowest BCUT2D eigenvalue weighted by molar-refractivity contribution is -0.146. The van der Waals surface area contributed by atoms with Crippen molar-refractivity contribution in [3.8, 4) is 0 Å². The number of amides is 2. The normalized spacial score (nSPS) is 13.7. The molecular formula is C17H14F3N3O4S. The lowest BCUT2D eigenvalue weighted by Crippen LogP contribution is -2.24. The molecule has 1 aliphatic rings. The third-order valence-electron chi connectivity index (χ3n) is 3.84. The Hall–Kier alpha value is -2.95. The summed E-state index contributed by atoms with van der Waals surface area (Å²) in [5.41, 5.74) is -0.184. The van der Waals surface area contributed by atoms with Crippen LogP contribution in [0.15, 0.2) is 17.5 Å². The van der Waals surface area contributed by atoms with Crippen molar-refractivity contribution in [1.82, 2.24) is 4.98 Å². The Balaban J connectivity index is 1.49. The second-order valence-corrected chi connectivity index (χ2v) is 6.72. The predicted molar refractivity (Wildman–Crippen MR) is 93.3 cm³/mol. The van der Waals surface area contributed by atoms with E-state index in [0.717, 1.165) is 12.5 Å². The number of esters is 1. The molecule has 1 N–H and O–H groups in total. The van der Waals surface area contributed by atoms with Gasteiger partial charge in [0.15, 0.2) is 29.2 Å². The standard InChI is InChI=1S/C17H14F3N3O4S/c18-10-3-4-11(16(20)15(10)19)22-12(24)7-27-14(26)6-9-8-28-17(21-9)23-5-1-2-13(23)25/h3-4,8H,1-2,5-7H2,(H,22,24). The minimum absolute atomic E-state index is 0.0235. The van der Waals surface area contributed by atoms with Crippen LogP contribution in [0.2, 0.25) is 0 Å². The van der Waals surface area contributed by atoms with Crippen LogP contribution < -0.4 is 10.2 Å². The second-order valence-electron chi connectivity index (χ2n) is 5.88. The first kappa shape index (κ1) is 19.8. The molecule has 1 saturated heterocycles. The van der Waals surface area contributed by atoms with E-state index >= 15 is 0 Å². The lowest BCUT2D eigenvalue weighted by Gasteiger charge is -2.10. The molecule has 2 aromatic rings. The van der Waals surface area contributed by atoms with Gasteiger partial charge < -0.3 is 10.1 Å². The summed E-state index contributed by atoms with van der Waals surface area (Å²) in [6.45, 7) is -0.157. The van der Waals surface area contributed by atoms with Gasteiger partial charge in [0, 0.05) is 18.3 Å². The van der Waals surface area contributed by atoms with Gasteiger partial charge in [-0.05, 0) is 18.6 Å². The third-order valence-corrected chi connectivity index (χ3v) is 4.76. The SMILES string of the molecule is O=C(COC(=O)Cc1csc(N2CCCC2=O)n1)Nc1ccc(F)c(F)c1F. The number of aromatic nitrogens is 1. The molecule has 7 nitrogen and oxygen atoms in total. The van der Waals surface area contributed by atoms with Crippen LogP contribution in [-0.4, -0.2) is 35.9 Å². The average Bonchev–Trinajstić information content (AvgIpc) is 3.29. The molecule has 0 saturated carbocycles. The molecule has 0 bridgehead atoms. The summed E-state index contributed by atoms with van der Waals surface area (Å²) in [6, 6.07) is 1.51. The first-order valence-electron chi connectivity index (χ1n) is 8.19. The fraction of sp³-hybridized carbons (Fsp3) is 0.294. The van der Waals surface area contributed by atoms with Crippen LogP contribution in [0.3, 0.4) is 0 Å². The topological polar surface area (TPSA) is 88.6 Å². The lowest BCUT2D eigenvalue weighted by atomic mass is 10.3. The number of hydrogen-bond acceptors (Lipinski definition) is 6. The smallest absolute Gasteiger partial charge is 0.312 e. The first-order chi connectivity index (χ1) is 13.3. The van der Waals surface area contributed by atoms with Crippen molar-refractivity contribution >= 4 is 39.9 Å². The zero-order valence-corrected chi connectivity index (χ0v) is 15.2. The highest BCUT2D eigenvalue weighted by Crippen LogP contribution is 2.25. The number of halogens is 3. The molecule has 1 aromatic carbocycles. The van der Waals surface area contributed by atoms with Crippen molar-refractivity contribution in [2.24, 2.45) is 0 Å². The van der Waals surface area contributed by atoms with Crippen molar-refractivity contribution in [2.75, 3.05) is 23.4 Å². The Morgan fingerprint density at radius 3 is 2.75 bits per heavy atom. The van der Waals surface area contributed by atoms with Crippen LogP contribution in [0.5, 0.6) is 0 Å². The summed E-state index contributed by atoms with van der Waals surface area (Å²) in [5, 5.41) is 4.10. The monoisotopic (exact) mass is 413 g/mol. The second kappa shape index (κ2) is 8.38. The predicted octanol–water partition coefficient (Wildman–Crippen LogP) is 2.41. The molecular weight excluding hydrogens is 399 g/mol. The van der Waals surface area contributed by atoms with Crippen LogP contribution in [0, 0.1) is 17.5 Å². The largest absolute Gasteiger partial charge is 0.455 e. The van der Waals surface area contributed by atoms with Crippen LogP contribution in [0.1, 0.15) is 18.5 Å². The summed E-state index contributed by atoms with van der Waals surface area (Å²) >= 11 is 1.22. The fourth-order valence-corrected chi connectivity index (χ4v) is 3.37. The number of benzene rings is 1. The van der Waals surface area contributed by atoms with Gasteiger partial charge in [-0.3, -0.25) is 19.3 Å². The van der Waals surface area contributed by atoms with E-state index in [1.165, 1.54) is 11.3 Å². The number of carbonyl (C=O) groups is 3. The van der Waals surface area contributed by atoms with Gasteiger partial charge >= 0.3 is 5.97 Å². The van der Waals surface area contributed by atoms with Crippen LogP contribution in [0.4, 0.5) is 24.0 Å². The van der Waals surface area contributed by atoms with E-state index in [2.05, 4.69) is 4.98 Å². The zero-order valence-electron chi connectivity index (χ0n) is 14.3. The molecule has 3 rings (SSSR count). The van der Waals surface area contributed by atoms with Gasteiger partial charge in [0.2, 0.25) is 5.91 Å². The number of nitrogens with zero attached hydrogens (tertiary/aromatic N) is 2. The van der Waals surface area contributed by atoms with E-state index in [0.29, 0.717) is 29.9 Å². The Labute approximate surface area is 161 Å². The maximum atomic E-state index is 13.5. The number of ether oxygens (including phenoxy) is 1. The number of thiazole rings is 1. The molecule has 0 atom stereocenters. The van der Waals surface area contributed by atoms with Gasteiger partial charge in [0.05, 0.1) is 17.8 Å². The van der Waals surface area contributed by atoms with E-state index in [9.17, 15) is 27.6 Å². The van der Waals surface area contributed by atoms with Gasteiger partial charge in [-0.15, -0.1) is 11.3 Å². The third kappa shape index (κ3) is 4.47. The van der Waals surface area contributed by atoms with Crippen molar-refractivity contribution in [3.05, 3.63) is 40.7 Å². The molecule has 1 aliphatic heterocycles. The van der Waals surface area contributed by atoms with E-state index in [-0.39, 0.29) is 12.3 Å². The summed E-state index contributed by atoms with van der Waals surface area (Å²) in [4.78, 5) is 41.0. The summed E-state index contributed by atoms with van der Waals surface area (Å²) < 4.78 is 44.2. The van der Waals surface area contributed by atoms with Crippen molar-refractivity contribution < 1.29 is 32.3 Å². The maximum Gasteiger partial charge on any atom is 0.312 e. The van der Waals surface area contributed by atoms with Gasteiger partial charge in [-0.25, -0.2) is 18.2 Å². The van der Waals surface area contributed by atoms with Crippen LogP contribution >= 0.6 is 11.3 Å². The van der Waals surface area contributed by atoms with Crippen molar-refractivity contribution in [3.63, 3.8) is 0 Å².